The van der Waals surface area contributed by atoms with Crippen LogP contribution in [0.3, 0.4) is 0 Å². The van der Waals surface area contributed by atoms with E-state index in [4.69, 9.17) is 5.11 Å². The molecule has 2 atom stereocenters. The Kier molecular flexibility index (Phi) is 6.43. The molecule has 0 radical (unpaired) electrons. The second-order valence-electron chi connectivity index (χ2n) is 3.61. The molecule has 70 valence electrons. The van der Waals surface area contributed by atoms with Crippen molar-refractivity contribution >= 4 is 0 Å². The highest BCUT2D eigenvalue weighted by atomic mass is 79.9. The molecular weight excluding hydrogens is 210 g/mol. The van der Waals surface area contributed by atoms with Crippen molar-refractivity contribution in [1.82, 2.24) is 0 Å². The minimum absolute atomic E-state index is 0. The highest BCUT2D eigenvalue weighted by Crippen LogP contribution is 2.06. The van der Waals surface area contributed by atoms with Gasteiger partial charge in [0.2, 0.25) is 0 Å². The lowest BCUT2D eigenvalue weighted by Crippen LogP contribution is -3.00. The zero-order valence-corrected chi connectivity index (χ0v) is 9.17. The third-order valence-electron chi connectivity index (χ3n) is 1.74. The summed E-state index contributed by atoms with van der Waals surface area (Å²) in [5, 5.41) is 18.0. The van der Waals surface area contributed by atoms with Gasteiger partial charge >= 0.3 is 0 Å². The van der Waals surface area contributed by atoms with Gasteiger partial charge in [-0.05, 0) is 6.92 Å². The van der Waals surface area contributed by atoms with Crippen LogP contribution in [0.2, 0.25) is 0 Å². The first-order valence-corrected chi connectivity index (χ1v) is 3.49. The fourth-order valence-corrected chi connectivity index (χ4v) is 1.04. The van der Waals surface area contributed by atoms with Gasteiger partial charge in [0.1, 0.15) is 12.1 Å². The van der Waals surface area contributed by atoms with E-state index in [0.29, 0.717) is 4.48 Å². The molecule has 0 aromatic carbocycles. The van der Waals surface area contributed by atoms with Crippen LogP contribution in [0, 0.1) is 0 Å². The van der Waals surface area contributed by atoms with Crippen LogP contribution in [0.5, 0.6) is 0 Å². The van der Waals surface area contributed by atoms with Crippen molar-refractivity contribution in [1.29, 1.82) is 0 Å². The number of nitrogens with zero attached hydrogens (tertiary/aromatic N) is 1. The molecule has 2 unspecified atom stereocenters. The highest BCUT2D eigenvalue weighted by Gasteiger charge is 2.27. The molecule has 4 heteroatoms. The summed E-state index contributed by atoms with van der Waals surface area (Å²) in [7, 11) is 5.86. The van der Waals surface area contributed by atoms with Crippen molar-refractivity contribution in [3.05, 3.63) is 0 Å². The van der Waals surface area contributed by atoms with Crippen molar-refractivity contribution in [2.45, 2.75) is 19.1 Å². The summed E-state index contributed by atoms with van der Waals surface area (Å²) in [6.07, 6.45) is -0.454. The fourth-order valence-electron chi connectivity index (χ4n) is 1.04. The minimum atomic E-state index is -0.454. The Labute approximate surface area is 79.0 Å². The summed E-state index contributed by atoms with van der Waals surface area (Å²) >= 11 is 0. The number of hydrogen-bond donors (Lipinski definition) is 2. The molecule has 0 amide bonds. The summed E-state index contributed by atoms with van der Waals surface area (Å²) < 4.78 is 0.591. The first-order valence-electron chi connectivity index (χ1n) is 3.49. The predicted octanol–water partition coefficient (Wildman–Crippen LogP) is -3.56. The molecule has 0 aromatic rings. The molecule has 0 rings (SSSR count). The van der Waals surface area contributed by atoms with E-state index in [1.807, 2.05) is 21.1 Å². The molecule has 0 heterocycles. The van der Waals surface area contributed by atoms with Gasteiger partial charge in [-0.1, -0.05) is 0 Å². The van der Waals surface area contributed by atoms with Crippen LogP contribution in [-0.4, -0.2) is 54.6 Å². The maximum absolute atomic E-state index is 9.17. The van der Waals surface area contributed by atoms with Crippen molar-refractivity contribution in [2.24, 2.45) is 0 Å². The number of halogens is 1. The summed E-state index contributed by atoms with van der Waals surface area (Å²) in [4.78, 5) is 0. The topological polar surface area (TPSA) is 40.5 Å². The molecular formula is C7H18BrNO2. The first kappa shape index (κ1) is 13.9. The number of rotatable bonds is 3. The van der Waals surface area contributed by atoms with Crippen molar-refractivity contribution in [3.63, 3.8) is 0 Å². The zero-order chi connectivity index (χ0) is 8.36. The van der Waals surface area contributed by atoms with Crippen LogP contribution in [-0.2, 0) is 0 Å². The average Bonchev–Trinajstić information content (AvgIpc) is 1.60. The third kappa shape index (κ3) is 4.74. The Balaban J connectivity index is 0. The molecule has 0 bridgehead atoms. The number of aliphatic hydroxyl groups excluding tert-OH is 2. The lowest BCUT2D eigenvalue weighted by molar-refractivity contribution is -0.900. The van der Waals surface area contributed by atoms with Gasteiger partial charge in [0.05, 0.1) is 27.7 Å². The average molecular weight is 228 g/mol. The van der Waals surface area contributed by atoms with Gasteiger partial charge < -0.3 is 31.7 Å². The quantitative estimate of drug-likeness (QED) is 0.491. The molecule has 0 aromatic heterocycles. The molecule has 0 saturated heterocycles. The number of aliphatic hydroxyl groups is 2. The summed E-state index contributed by atoms with van der Waals surface area (Å²) in [5.41, 5.74) is 0. The monoisotopic (exact) mass is 227 g/mol. The van der Waals surface area contributed by atoms with Gasteiger partial charge in [0, 0.05) is 0 Å². The number of quaternary nitrogens is 1. The molecule has 0 aliphatic rings. The Bertz CT molecular complexity index is 101. The molecule has 2 N–H and O–H groups in total. The predicted molar refractivity (Wildman–Crippen MR) is 40.6 cm³/mol. The van der Waals surface area contributed by atoms with Crippen molar-refractivity contribution in [2.75, 3.05) is 27.7 Å². The maximum Gasteiger partial charge on any atom is 0.138 e. The third-order valence-corrected chi connectivity index (χ3v) is 1.74. The normalized spacial score (nSPS) is 16.9. The second-order valence-corrected chi connectivity index (χ2v) is 3.61. The van der Waals surface area contributed by atoms with E-state index in [0.717, 1.165) is 0 Å². The first-order chi connectivity index (χ1) is 4.39. The van der Waals surface area contributed by atoms with E-state index in [9.17, 15) is 5.11 Å². The van der Waals surface area contributed by atoms with E-state index in [2.05, 4.69) is 0 Å². The van der Waals surface area contributed by atoms with Crippen LogP contribution in [0.1, 0.15) is 6.92 Å². The molecule has 0 fully saturated rings. The van der Waals surface area contributed by atoms with Crippen LogP contribution >= 0.6 is 0 Å². The zero-order valence-electron chi connectivity index (χ0n) is 7.58. The van der Waals surface area contributed by atoms with Gasteiger partial charge in [0.15, 0.2) is 0 Å². The van der Waals surface area contributed by atoms with Gasteiger partial charge in [-0.15, -0.1) is 0 Å². The van der Waals surface area contributed by atoms with E-state index in [1.165, 1.54) is 0 Å². The molecule has 0 saturated carbocycles. The van der Waals surface area contributed by atoms with Crippen molar-refractivity contribution < 1.29 is 31.7 Å². The second kappa shape index (κ2) is 5.09. The van der Waals surface area contributed by atoms with Crippen LogP contribution < -0.4 is 17.0 Å². The van der Waals surface area contributed by atoms with Crippen molar-refractivity contribution in [3.8, 4) is 0 Å². The van der Waals surface area contributed by atoms with Gasteiger partial charge in [-0.2, -0.15) is 0 Å². The van der Waals surface area contributed by atoms with E-state index in [1.54, 1.807) is 6.92 Å². The molecule has 11 heavy (non-hydrogen) atoms. The molecule has 3 nitrogen and oxygen atoms in total. The maximum atomic E-state index is 9.17. The van der Waals surface area contributed by atoms with E-state index >= 15 is 0 Å². The Morgan fingerprint density at radius 2 is 1.64 bits per heavy atom. The Morgan fingerprint density at radius 1 is 1.27 bits per heavy atom. The molecule has 0 spiro atoms. The summed E-state index contributed by atoms with van der Waals surface area (Å²) in [6.45, 7) is 1.73. The fraction of sp³-hybridized carbons (Fsp3) is 1.00. The molecule has 0 aliphatic heterocycles. The van der Waals surface area contributed by atoms with Crippen LogP contribution in [0.4, 0.5) is 0 Å². The van der Waals surface area contributed by atoms with Gasteiger partial charge in [0.25, 0.3) is 0 Å². The SMILES string of the molecule is CC(O)C(CO)[N+](C)(C)C.[Br-]. The van der Waals surface area contributed by atoms with E-state index in [-0.39, 0.29) is 29.6 Å². The van der Waals surface area contributed by atoms with E-state index < -0.39 is 6.10 Å². The van der Waals surface area contributed by atoms with Crippen LogP contribution in [0.15, 0.2) is 0 Å². The Morgan fingerprint density at radius 3 is 1.64 bits per heavy atom. The molecule has 0 aliphatic carbocycles. The summed E-state index contributed by atoms with van der Waals surface area (Å²) in [5.74, 6) is 0. The number of likely N-dealkylation sites (N-methyl/N-ethyl adjacent to an activating group) is 1. The highest BCUT2D eigenvalue weighted by molar-refractivity contribution is 4.61. The minimum Gasteiger partial charge on any atom is -1.00 e. The lowest BCUT2D eigenvalue weighted by Gasteiger charge is -2.34. The largest absolute Gasteiger partial charge is 1.00 e. The van der Waals surface area contributed by atoms with Gasteiger partial charge in [-0.25, -0.2) is 0 Å². The number of hydrogen-bond acceptors (Lipinski definition) is 2. The smallest absolute Gasteiger partial charge is 0.138 e. The Hall–Kier alpha value is 0.360. The lowest BCUT2D eigenvalue weighted by atomic mass is 10.1. The van der Waals surface area contributed by atoms with Gasteiger partial charge in [-0.3, -0.25) is 0 Å². The standard InChI is InChI=1S/C7H18NO2.BrH/c1-6(10)7(5-9)8(2,3)4;/h6-7,9-10H,5H2,1-4H3;1H/q+1;/p-1. The summed E-state index contributed by atoms with van der Waals surface area (Å²) in [6, 6.07) is -0.0833. The van der Waals surface area contributed by atoms with Crippen LogP contribution in [0.25, 0.3) is 0 Å².